The molecule has 0 atom stereocenters. The molecule has 0 aromatic carbocycles. The third-order valence-corrected chi connectivity index (χ3v) is 4.65. The molecule has 0 aliphatic carbocycles. The summed E-state index contributed by atoms with van der Waals surface area (Å²) in [5, 5.41) is 9.12. The maximum absolute atomic E-state index is 9.12. The summed E-state index contributed by atoms with van der Waals surface area (Å²) in [5.41, 5.74) is 7.22. The minimum Gasteiger partial charge on any atom is -0.382 e. The smallest absolute Gasteiger partial charge is 0.159 e. The van der Waals surface area contributed by atoms with Crippen LogP contribution in [0.4, 0.5) is 5.82 Å². The zero-order chi connectivity index (χ0) is 17.1. The highest BCUT2D eigenvalue weighted by molar-refractivity contribution is 5.41. The van der Waals surface area contributed by atoms with E-state index in [1.165, 1.54) is 57.6 Å². The van der Waals surface area contributed by atoms with E-state index in [4.69, 9.17) is 11.0 Å². The number of rotatable bonds is 11. The zero-order valence-corrected chi connectivity index (χ0v) is 15.1. The van der Waals surface area contributed by atoms with Gasteiger partial charge in [-0.15, -0.1) is 0 Å². The van der Waals surface area contributed by atoms with Crippen LogP contribution in [0.15, 0.2) is 6.20 Å². The van der Waals surface area contributed by atoms with Crippen molar-refractivity contribution in [2.75, 3.05) is 5.73 Å². The molecule has 0 bridgehead atoms. The van der Waals surface area contributed by atoms with Crippen LogP contribution in [0.1, 0.15) is 96.4 Å². The van der Waals surface area contributed by atoms with Crippen molar-refractivity contribution in [3.8, 4) is 6.07 Å². The van der Waals surface area contributed by atoms with E-state index in [0.717, 1.165) is 18.5 Å². The van der Waals surface area contributed by atoms with Crippen molar-refractivity contribution >= 4 is 5.82 Å². The quantitative estimate of drug-likeness (QED) is 0.574. The maximum atomic E-state index is 9.12. The Morgan fingerprint density at radius 2 is 1.61 bits per heavy atom. The maximum Gasteiger partial charge on any atom is 0.159 e. The molecule has 23 heavy (non-hydrogen) atoms. The average molecular weight is 316 g/mol. The molecule has 1 aromatic heterocycles. The summed E-state index contributed by atoms with van der Waals surface area (Å²) in [6, 6.07) is 2.09. The Morgan fingerprint density at radius 3 is 2.09 bits per heavy atom. The van der Waals surface area contributed by atoms with Gasteiger partial charge in [0.25, 0.3) is 0 Å². The number of anilines is 1. The van der Waals surface area contributed by atoms with Crippen LogP contribution in [0.5, 0.6) is 0 Å². The Hall–Kier alpha value is -1.63. The lowest BCUT2D eigenvalue weighted by Gasteiger charge is -2.30. The van der Waals surface area contributed by atoms with Crippen LogP contribution < -0.4 is 5.73 Å². The summed E-state index contributed by atoms with van der Waals surface area (Å²) in [4.78, 5) is 8.71. The van der Waals surface area contributed by atoms with Gasteiger partial charge < -0.3 is 5.73 Å². The lowest BCUT2D eigenvalue weighted by molar-refractivity contribution is 0.355. The van der Waals surface area contributed by atoms with Gasteiger partial charge >= 0.3 is 0 Å². The van der Waals surface area contributed by atoms with E-state index in [9.17, 15) is 0 Å². The van der Waals surface area contributed by atoms with Gasteiger partial charge in [-0.3, -0.25) is 0 Å². The average Bonchev–Trinajstić information content (AvgIpc) is 2.56. The highest BCUT2D eigenvalue weighted by atomic mass is 14.9. The highest BCUT2D eigenvalue weighted by Gasteiger charge is 2.30. The third kappa shape index (κ3) is 6.17. The molecule has 0 fully saturated rings. The molecule has 4 nitrogen and oxygen atoms in total. The first-order chi connectivity index (χ1) is 11.1. The van der Waals surface area contributed by atoms with Gasteiger partial charge in [-0.2, -0.15) is 5.26 Å². The molecule has 2 N–H and O–H groups in total. The van der Waals surface area contributed by atoms with Gasteiger partial charge in [0.05, 0.1) is 11.9 Å². The molecule has 0 spiro atoms. The van der Waals surface area contributed by atoms with Crippen molar-refractivity contribution in [1.82, 2.24) is 9.97 Å². The fourth-order valence-electron chi connectivity index (χ4n) is 3.14. The summed E-state index contributed by atoms with van der Waals surface area (Å²) < 4.78 is 0. The molecule has 4 heteroatoms. The molecule has 1 heterocycles. The SMILES string of the molecule is CCCCCCC(C)(CCCCCC)c1nc(C#N)cnc1N. The molecule has 0 saturated heterocycles. The molecular formula is C19H32N4. The van der Waals surface area contributed by atoms with Gasteiger partial charge in [0.15, 0.2) is 5.69 Å². The number of hydrogen-bond acceptors (Lipinski definition) is 4. The fourth-order valence-corrected chi connectivity index (χ4v) is 3.14. The number of nitrogens with zero attached hydrogens (tertiary/aromatic N) is 3. The molecule has 1 aromatic rings. The molecule has 1 rings (SSSR count). The molecule has 0 amide bonds. The number of aromatic nitrogens is 2. The molecule has 0 radical (unpaired) electrons. The molecule has 0 unspecified atom stereocenters. The topological polar surface area (TPSA) is 75.6 Å². The Bertz CT molecular complexity index is 493. The number of nitrogen functional groups attached to an aromatic ring is 1. The number of nitriles is 1. The van der Waals surface area contributed by atoms with E-state index in [1.54, 1.807) is 0 Å². The first-order valence-corrected chi connectivity index (χ1v) is 9.10. The van der Waals surface area contributed by atoms with Crippen LogP contribution >= 0.6 is 0 Å². The van der Waals surface area contributed by atoms with Crippen LogP contribution in [0.3, 0.4) is 0 Å². The molecule has 0 aliphatic rings. The third-order valence-electron chi connectivity index (χ3n) is 4.65. The van der Waals surface area contributed by atoms with Crippen LogP contribution in [-0.4, -0.2) is 9.97 Å². The van der Waals surface area contributed by atoms with Crippen molar-refractivity contribution in [2.24, 2.45) is 0 Å². The summed E-state index contributed by atoms with van der Waals surface area (Å²) in [5.74, 6) is 0.484. The number of hydrogen-bond donors (Lipinski definition) is 1. The van der Waals surface area contributed by atoms with Gasteiger partial charge in [-0.25, -0.2) is 9.97 Å². The fraction of sp³-hybridized carbons (Fsp3) is 0.737. The summed E-state index contributed by atoms with van der Waals surface area (Å²) >= 11 is 0. The summed E-state index contributed by atoms with van der Waals surface area (Å²) in [6.45, 7) is 6.69. The summed E-state index contributed by atoms with van der Waals surface area (Å²) in [7, 11) is 0. The monoisotopic (exact) mass is 316 g/mol. The van der Waals surface area contributed by atoms with E-state index in [0.29, 0.717) is 11.5 Å². The molecular weight excluding hydrogens is 284 g/mol. The Balaban J connectivity index is 2.90. The van der Waals surface area contributed by atoms with Crippen molar-refractivity contribution < 1.29 is 0 Å². The van der Waals surface area contributed by atoms with Crippen LogP contribution in [0, 0.1) is 11.3 Å². The first kappa shape index (κ1) is 19.4. The Kier molecular flexibility index (Phi) is 8.61. The number of nitrogens with two attached hydrogens (primary N) is 1. The first-order valence-electron chi connectivity index (χ1n) is 9.10. The number of unbranched alkanes of at least 4 members (excludes halogenated alkanes) is 6. The van der Waals surface area contributed by atoms with Gasteiger partial charge in [0, 0.05) is 5.41 Å². The highest BCUT2D eigenvalue weighted by Crippen LogP contribution is 2.36. The molecule has 0 saturated carbocycles. The lowest BCUT2D eigenvalue weighted by atomic mass is 9.76. The van der Waals surface area contributed by atoms with Gasteiger partial charge in [0.2, 0.25) is 0 Å². The van der Waals surface area contributed by atoms with Gasteiger partial charge in [-0.05, 0) is 12.8 Å². The lowest BCUT2D eigenvalue weighted by Crippen LogP contribution is -2.26. The van der Waals surface area contributed by atoms with Crippen molar-refractivity contribution in [2.45, 2.75) is 90.4 Å². The largest absolute Gasteiger partial charge is 0.382 e. The Morgan fingerprint density at radius 1 is 1.04 bits per heavy atom. The van der Waals surface area contributed by atoms with E-state index in [2.05, 4.69) is 36.8 Å². The van der Waals surface area contributed by atoms with E-state index < -0.39 is 0 Å². The van der Waals surface area contributed by atoms with E-state index >= 15 is 0 Å². The summed E-state index contributed by atoms with van der Waals surface area (Å²) in [6.07, 6.45) is 13.4. The minimum atomic E-state index is -0.0780. The van der Waals surface area contributed by atoms with Crippen LogP contribution in [-0.2, 0) is 5.41 Å². The standard InChI is InChI=1S/C19H32N4/c1-4-6-8-10-12-19(3,13-11-9-7-5-2)17-18(21)22-15-16(14-20)23-17/h15H,4-13H2,1-3H3,(H2,21,22). The van der Waals surface area contributed by atoms with Crippen molar-refractivity contribution in [3.63, 3.8) is 0 Å². The van der Waals surface area contributed by atoms with Gasteiger partial charge in [0.1, 0.15) is 11.9 Å². The second-order valence-corrected chi connectivity index (χ2v) is 6.78. The van der Waals surface area contributed by atoms with Crippen LogP contribution in [0.25, 0.3) is 0 Å². The van der Waals surface area contributed by atoms with Gasteiger partial charge in [-0.1, -0.05) is 72.1 Å². The van der Waals surface area contributed by atoms with E-state index in [-0.39, 0.29) is 5.41 Å². The Labute approximate surface area is 141 Å². The normalized spacial score (nSPS) is 11.4. The predicted octanol–water partition coefficient (Wildman–Crippen LogP) is 5.13. The molecule has 128 valence electrons. The minimum absolute atomic E-state index is 0.0780. The molecule has 0 aliphatic heterocycles. The zero-order valence-electron chi connectivity index (χ0n) is 15.1. The van der Waals surface area contributed by atoms with Crippen molar-refractivity contribution in [1.29, 1.82) is 5.26 Å². The van der Waals surface area contributed by atoms with Crippen molar-refractivity contribution in [3.05, 3.63) is 17.6 Å². The van der Waals surface area contributed by atoms with E-state index in [1.807, 2.05) is 0 Å². The predicted molar refractivity (Wildman–Crippen MR) is 96.0 cm³/mol. The second-order valence-electron chi connectivity index (χ2n) is 6.78. The second kappa shape index (κ2) is 10.2. The van der Waals surface area contributed by atoms with Crippen LogP contribution in [0.2, 0.25) is 0 Å².